The molecule has 0 aromatic heterocycles. The van der Waals surface area contributed by atoms with Crippen molar-refractivity contribution in [1.29, 1.82) is 0 Å². The van der Waals surface area contributed by atoms with Gasteiger partial charge < -0.3 is 20.3 Å². The molecule has 0 bridgehead atoms. The molecule has 0 spiro atoms. The van der Waals surface area contributed by atoms with Crippen molar-refractivity contribution in [3.05, 3.63) is 0 Å². The number of piperidine rings is 1. The van der Waals surface area contributed by atoms with Crippen LogP contribution in [-0.2, 0) is 4.74 Å². The Kier molecular flexibility index (Phi) is 14.4. The van der Waals surface area contributed by atoms with Gasteiger partial charge in [0.25, 0.3) is 0 Å². The number of hydrogen-bond donors (Lipinski definition) is 2. The molecule has 1 amide bonds. The molecule has 1 saturated heterocycles. The minimum atomic E-state index is -0.430. The maximum atomic E-state index is 12.1. The molecular formula is C19H39IN4O2S. The molecular weight excluding hydrogens is 475 g/mol. The minimum Gasteiger partial charge on any atom is -0.444 e. The first-order valence-electron chi connectivity index (χ1n) is 9.84. The van der Waals surface area contributed by atoms with Crippen LogP contribution in [0, 0.1) is 5.92 Å². The molecule has 8 heteroatoms. The molecule has 160 valence electrons. The Bertz CT molecular complexity index is 436. The number of halogens is 1. The average Bonchev–Trinajstić information content (AvgIpc) is 2.58. The van der Waals surface area contributed by atoms with Crippen LogP contribution in [-0.4, -0.2) is 67.3 Å². The highest BCUT2D eigenvalue weighted by Gasteiger charge is 2.26. The van der Waals surface area contributed by atoms with Gasteiger partial charge in [-0.05, 0) is 71.3 Å². The highest BCUT2D eigenvalue weighted by molar-refractivity contribution is 14.0. The SMILES string of the molecule is CCNC(=NCC1CCN(C(=O)OC(C)(C)C)CC1)NCCCCSC.I. The zero-order valence-electron chi connectivity index (χ0n) is 17.7. The average molecular weight is 515 g/mol. The fraction of sp³-hybridized carbons (Fsp3) is 0.895. The molecule has 2 N–H and O–H groups in total. The van der Waals surface area contributed by atoms with Crippen LogP contribution in [0.4, 0.5) is 4.79 Å². The third-order valence-corrected chi connectivity index (χ3v) is 4.88. The highest BCUT2D eigenvalue weighted by atomic mass is 127. The zero-order chi connectivity index (χ0) is 19.4. The number of carbonyl (C=O) groups is 1. The predicted octanol–water partition coefficient (Wildman–Crippen LogP) is 3.95. The molecule has 0 saturated carbocycles. The Labute approximate surface area is 187 Å². The van der Waals surface area contributed by atoms with Crippen LogP contribution in [0.3, 0.4) is 0 Å². The topological polar surface area (TPSA) is 66.0 Å². The molecule has 0 unspecified atom stereocenters. The van der Waals surface area contributed by atoms with Gasteiger partial charge in [0.2, 0.25) is 0 Å². The molecule has 1 aliphatic heterocycles. The highest BCUT2D eigenvalue weighted by Crippen LogP contribution is 2.19. The van der Waals surface area contributed by atoms with Crippen molar-refractivity contribution in [2.24, 2.45) is 10.9 Å². The van der Waals surface area contributed by atoms with Gasteiger partial charge in [0, 0.05) is 32.7 Å². The first kappa shape index (κ1) is 26.6. The van der Waals surface area contributed by atoms with E-state index in [1.54, 1.807) is 0 Å². The minimum absolute atomic E-state index is 0. The van der Waals surface area contributed by atoms with E-state index in [0.29, 0.717) is 5.92 Å². The number of thioether (sulfide) groups is 1. The molecule has 6 nitrogen and oxygen atoms in total. The molecule has 1 rings (SSSR count). The van der Waals surface area contributed by atoms with E-state index >= 15 is 0 Å². The maximum absolute atomic E-state index is 12.1. The van der Waals surface area contributed by atoms with Crippen LogP contribution >= 0.6 is 35.7 Å². The number of likely N-dealkylation sites (tertiary alicyclic amines) is 1. The Morgan fingerprint density at radius 2 is 1.89 bits per heavy atom. The van der Waals surface area contributed by atoms with E-state index in [4.69, 9.17) is 9.73 Å². The number of nitrogens with one attached hydrogen (secondary N) is 2. The molecule has 1 aliphatic rings. The maximum Gasteiger partial charge on any atom is 0.410 e. The standard InChI is InChI=1S/C19H38N4O2S.HI/c1-6-20-17(21-11-7-8-14-26-5)22-15-16-9-12-23(13-10-16)18(24)25-19(2,3)4;/h16H,6-15H2,1-5H3,(H2,20,21,22);1H. The first-order chi connectivity index (χ1) is 12.4. The summed E-state index contributed by atoms with van der Waals surface area (Å²) < 4.78 is 5.45. The summed E-state index contributed by atoms with van der Waals surface area (Å²) in [6, 6.07) is 0. The van der Waals surface area contributed by atoms with Crippen LogP contribution in [0.25, 0.3) is 0 Å². The number of aliphatic imine (C=N–C) groups is 1. The summed E-state index contributed by atoms with van der Waals surface area (Å²) in [6.07, 6.45) is 6.31. The van der Waals surface area contributed by atoms with Gasteiger partial charge >= 0.3 is 6.09 Å². The normalized spacial score (nSPS) is 15.9. The quantitative estimate of drug-likeness (QED) is 0.222. The Hall–Kier alpha value is -0.380. The Balaban J connectivity index is 0.00000676. The van der Waals surface area contributed by atoms with E-state index in [1.165, 1.54) is 18.6 Å². The smallest absolute Gasteiger partial charge is 0.410 e. The summed E-state index contributed by atoms with van der Waals surface area (Å²) in [5.74, 6) is 2.65. The molecule has 1 fully saturated rings. The van der Waals surface area contributed by atoms with Crippen molar-refractivity contribution in [3.63, 3.8) is 0 Å². The lowest BCUT2D eigenvalue weighted by Gasteiger charge is -2.33. The van der Waals surface area contributed by atoms with Crippen LogP contribution in [0.15, 0.2) is 4.99 Å². The van der Waals surface area contributed by atoms with E-state index in [1.807, 2.05) is 37.4 Å². The van der Waals surface area contributed by atoms with Gasteiger partial charge in [0.1, 0.15) is 5.60 Å². The van der Waals surface area contributed by atoms with Gasteiger partial charge in [0.15, 0.2) is 5.96 Å². The lowest BCUT2D eigenvalue weighted by Crippen LogP contribution is -2.42. The van der Waals surface area contributed by atoms with Crippen molar-refractivity contribution in [2.45, 2.75) is 59.0 Å². The zero-order valence-corrected chi connectivity index (χ0v) is 20.8. The summed E-state index contributed by atoms with van der Waals surface area (Å²) in [5, 5.41) is 6.73. The van der Waals surface area contributed by atoms with E-state index in [0.717, 1.165) is 51.5 Å². The Morgan fingerprint density at radius 3 is 2.44 bits per heavy atom. The molecule has 1 heterocycles. The molecule has 0 atom stereocenters. The second-order valence-corrected chi connectivity index (χ2v) is 8.74. The number of nitrogens with zero attached hydrogens (tertiary/aromatic N) is 2. The van der Waals surface area contributed by atoms with Gasteiger partial charge in [-0.1, -0.05) is 0 Å². The number of guanidine groups is 1. The molecule has 0 aromatic carbocycles. The monoisotopic (exact) mass is 514 g/mol. The van der Waals surface area contributed by atoms with Crippen molar-refractivity contribution in [2.75, 3.05) is 44.7 Å². The largest absolute Gasteiger partial charge is 0.444 e. The molecule has 0 aromatic rings. The second-order valence-electron chi connectivity index (χ2n) is 7.76. The fourth-order valence-corrected chi connectivity index (χ4v) is 3.26. The summed E-state index contributed by atoms with van der Waals surface area (Å²) in [5.41, 5.74) is -0.430. The van der Waals surface area contributed by atoms with Crippen LogP contribution in [0.5, 0.6) is 0 Å². The van der Waals surface area contributed by atoms with E-state index in [-0.39, 0.29) is 30.1 Å². The number of carbonyl (C=O) groups excluding carboxylic acids is 1. The lowest BCUT2D eigenvalue weighted by molar-refractivity contribution is 0.0187. The fourth-order valence-electron chi connectivity index (χ4n) is 2.76. The van der Waals surface area contributed by atoms with Crippen molar-refractivity contribution < 1.29 is 9.53 Å². The summed E-state index contributed by atoms with van der Waals surface area (Å²) in [4.78, 5) is 18.7. The first-order valence-corrected chi connectivity index (χ1v) is 11.2. The second kappa shape index (κ2) is 14.6. The third-order valence-electron chi connectivity index (χ3n) is 4.19. The van der Waals surface area contributed by atoms with Gasteiger partial charge in [0.05, 0.1) is 0 Å². The molecule has 0 aliphatic carbocycles. The lowest BCUT2D eigenvalue weighted by atomic mass is 9.97. The number of amides is 1. The summed E-state index contributed by atoms with van der Waals surface area (Å²) in [6.45, 7) is 12.0. The van der Waals surface area contributed by atoms with Crippen LogP contribution < -0.4 is 10.6 Å². The van der Waals surface area contributed by atoms with E-state index < -0.39 is 5.60 Å². The predicted molar refractivity (Wildman–Crippen MR) is 128 cm³/mol. The van der Waals surface area contributed by atoms with Crippen LogP contribution in [0.1, 0.15) is 53.4 Å². The van der Waals surface area contributed by atoms with E-state index in [9.17, 15) is 4.79 Å². The van der Waals surface area contributed by atoms with Gasteiger partial charge in [-0.2, -0.15) is 11.8 Å². The van der Waals surface area contributed by atoms with Gasteiger partial charge in [-0.3, -0.25) is 4.99 Å². The van der Waals surface area contributed by atoms with Gasteiger partial charge in [-0.25, -0.2) is 4.79 Å². The Morgan fingerprint density at radius 1 is 1.22 bits per heavy atom. The van der Waals surface area contributed by atoms with Crippen LogP contribution in [0.2, 0.25) is 0 Å². The number of ether oxygens (including phenoxy) is 1. The molecule has 0 radical (unpaired) electrons. The number of unbranched alkanes of at least 4 members (excludes halogenated alkanes) is 1. The van der Waals surface area contributed by atoms with Crippen molar-refractivity contribution in [1.82, 2.24) is 15.5 Å². The summed E-state index contributed by atoms with van der Waals surface area (Å²) >= 11 is 1.89. The number of rotatable bonds is 8. The van der Waals surface area contributed by atoms with Gasteiger partial charge in [-0.15, -0.1) is 24.0 Å². The van der Waals surface area contributed by atoms with Crippen molar-refractivity contribution in [3.8, 4) is 0 Å². The number of hydrogen-bond acceptors (Lipinski definition) is 4. The molecule has 27 heavy (non-hydrogen) atoms. The third kappa shape index (κ3) is 12.6. The van der Waals surface area contributed by atoms with E-state index in [2.05, 4.69) is 23.8 Å². The summed E-state index contributed by atoms with van der Waals surface area (Å²) in [7, 11) is 0. The van der Waals surface area contributed by atoms with Crippen molar-refractivity contribution >= 4 is 47.8 Å².